The zero-order valence-electron chi connectivity index (χ0n) is 14.3. The van der Waals surface area contributed by atoms with E-state index in [0.717, 1.165) is 11.1 Å². The van der Waals surface area contributed by atoms with Crippen molar-refractivity contribution in [2.45, 2.75) is 23.6 Å². The van der Waals surface area contributed by atoms with E-state index in [1.54, 1.807) is 24.3 Å². The molecule has 2 N–H and O–H groups in total. The average molecular weight is 400 g/mol. The zero-order valence-corrected chi connectivity index (χ0v) is 15.9. The lowest BCUT2D eigenvalue weighted by Crippen LogP contribution is -2.29. The van der Waals surface area contributed by atoms with Gasteiger partial charge in [0.15, 0.2) is 0 Å². The van der Waals surface area contributed by atoms with Gasteiger partial charge in [-0.15, -0.1) is 0 Å². The summed E-state index contributed by atoms with van der Waals surface area (Å²) >= 11 is 0. The van der Waals surface area contributed by atoms with Crippen LogP contribution in [0, 0.1) is 13.8 Å². The maximum absolute atomic E-state index is 12.0. The molecule has 0 radical (unpaired) electrons. The summed E-state index contributed by atoms with van der Waals surface area (Å²) < 4.78 is 47.8. The molecular formula is C16H20N2O6S2. The van der Waals surface area contributed by atoms with E-state index in [2.05, 4.69) is 0 Å². The number of benzene rings is 2. The van der Waals surface area contributed by atoms with Crippen LogP contribution in [0.4, 0.5) is 0 Å². The van der Waals surface area contributed by atoms with Gasteiger partial charge >= 0.3 is 0 Å². The van der Waals surface area contributed by atoms with Gasteiger partial charge in [-0.1, -0.05) is 45.2 Å². The Hall–Kier alpha value is -1.82. The number of rotatable bonds is 9. The van der Waals surface area contributed by atoms with E-state index in [1.807, 2.05) is 23.6 Å². The fourth-order valence-electron chi connectivity index (χ4n) is 1.85. The fourth-order valence-corrected chi connectivity index (χ4v) is 3.51. The third kappa shape index (κ3) is 5.87. The van der Waals surface area contributed by atoms with Gasteiger partial charge in [0.2, 0.25) is 0 Å². The first-order valence-corrected chi connectivity index (χ1v) is 10.6. The van der Waals surface area contributed by atoms with E-state index in [-0.39, 0.29) is 23.0 Å². The van der Waals surface area contributed by atoms with Gasteiger partial charge in [-0.2, -0.15) is 0 Å². The molecule has 0 aliphatic carbocycles. The van der Waals surface area contributed by atoms with Crippen LogP contribution in [0.5, 0.6) is 0 Å². The van der Waals surface area contributed by atoms with Gasteiger partial charge in [0, 0.05) is 0 Å². The second-order valence-electron chi connectivity index (χ2n) is 5.50. The second-order valence-corrected chi connectivity index (χ2v) is 8.79. The van der Waals surface area contributed by atoms with E-state index in [0.29, 0.717) is 0 Å². The molecule has 2 aromatic carbocycles. The van der Waals surface area contributed by atoms with Crippen molar-refractivity contribution in [2.24, 2.45) is 0 Å². The Morgan fingerprint density at radius 2 is 0.962 bits per heavy atom. The molecule has 0 atom stereocenters. The highest BCUT2D eigenvalue weighted by atomic mass is 32.2. The van der Waals surface area contributed by atoms with Gasteiger partial charge in [0.1, 0.15) is 0 Å². The Morgan fingerprint density at radius 1 is 0.654 bits per heavy atom. The zero-order chi connectivity index (χ0) is 19.2. The highest BCUT2D eigenvalue weighted by Crippen LogP contribution is 2.10. The molecular weight excluding hydrogens is 380 g/mol. The van der Waals surface area contributed by atoms with Gasteiger partial charge in [-0.25, -0.2) is 16.8 Å². The van der Waals surface area contributed by atoms with Crippen molar-refractivity contribution in [1.29, 1.82) is 0 Å². The van der Waals surface area contributed by atoms with E-state index in [4.69, 9.17) is 9.68 Å². The largest absolute Gasteiger partial charge is 0.284 e. The van der Waals surface area contributed by atoms with Crippen molar-refractivity contribution < 1.29 is 26.5 Å². The summed E-state index contributed by atoms with van der Waals surface area (Å²) in [5.74, 6) is 0. The summed E-state index contributed by atoms with van der Waals surface area (Å²) in [5, 5.41) is 0. The predicted molar refractivity (Wildman–Crippen MR) is 94.9 cm³/mol. The maximum Gasteiger partial charge on any atom is 0.262 e. The molecule has 0 bridgehead atoms. The normalized spacial score (nSPS) is 12.2. The first kappa shape index (κ1) is 20.5. The molecule has 0 fully saturated rings. The van der Waals surface area contributed by atoms with Crippen LogP contribution in [0.15, 0.2) is 58.3 Å². The summed E-state index contributed by atoms with van der Waals surface area (Å²) in [7, 11) is -7.61. The lowest BCUT2D eigenvalue weighted by molar-refractivity contribution is 0.00900. The molecule has 0 aliphatic heterocycles. The lowest BCUT2D eigenvalue weighted by Gasteiger charge is -2.09. The molecule has 0 aliphatic rings. The van der Waals surface area contributed by atoms with Crippen molar-refractivity contribution in [3.8, 4) is 0 Å². The molecule has 2 aromatic rings. The van der Waals surface area contributed by atoms with Crippen LogP contribution in [0.2, 0.25) is 0 Å². The highest BCUT2D eigenvalue weighted by molar-refractivity contribution is 7.89. The number of hydrogen-bond donors (Lipinski definition) is 2. The molecule has 0 saturated carbocycles. The van der Waals surface area contributed by atoms with Crippen molar-refractivity contribution >= 4 is 20.0 Å². The summed E-state index contributed by atoms with van der Waals surface area (Å²) in [6, 6.07) is 12.5. The summed E-state index contributed by atoms with van der Waals surface area (Å²) in [5.41, 5.74) is 1.86. The molecule has 2 rings (SSSR count). The molecule has 8 nitrogen and oxygen atoms in total. The van der Waals surface area contributed by atoms with Crippen LogP contribution in [0.25, 0.3) is 0 Å². The Kier molecular flexibility index (Phi) is 6.87. The lowest BCUT2D eigenvalue weighted by atomic mass is 10.2. The first-order valence-electron chi connectivity index (χ1n) is 7.61. The molecule has 0 spiro atoms. The molecule has 10 heteroatoms. The molecule has 0 unspecified atom stereocenters. The van der Waals surface area contributed by atoms with Gasteiger partial charge in [-0.05, 0) is 38.1 Å². The molecule has 142 valence electrons. The summed E-state index contributed by atoms with van der Waals surface area (Å²) in [6.07, 6.45) is 0. The summed E-state index contributed by atoms with van der Waals surface area (Å²) in [4.78, 5) is 13.7. The average Bonchev–Trinajstić information content (AvgIpc) is 2.58. The standard InChI is InChI=1S/C16H20N2O6S2/c1-13-3-7-15(8-4-13)25(19,20)17-23-11-12-24-18-26(21,22)16-9-5-14(2)6-10-16/h3-10,17-18H,11-12H2,1-2H3. The Morgan fingerprint density at radius 3 is 1.27 bits per heavy atom. The number of sulfonamides is 2. The van der Waals surface area contributed by atoms with E-state index in [9.17, 15) is 16.8 Å². The SMILES string of the molecule is Cc1ccc(S(=O)(=O)NOCCONS(=O)(=O)c2ccc(C)cc2)cc1. The minimum Gasteiger partial charge on any atom is -0.284 e. The van der Waals surface area contributed by atoms with Crippen molar-refractivity contribution in [1.82, 2.24) is 9.77 Å². The van der Waals surface area contributed by atoms with Crippen molar-refractivity contribution in [3.63, 3.8) is 0 Å². The monoisotopic (exact) mass is 400 g/mol. The van der Waals surface area contributed by atoms with Crippen molar-refractivity contribution in [2.75, 3.05) is 13.2 Å². The smallest absolute Gasteiger partial charge is 0.262 e. The van der Waals surface area contributed by atoms with Crippen LogP contribution in [0.3, 0.4) is 0 Å². The van der Waals surface area contributed by atoms with Gasteiger partial charge < -0.3 is 0 Å². The molecule has 0 heterocycles. The third-order valence-electron chi connectivity index (χ3n) is 3.29. The number of aryl methyl sites for hydroxylation is 2. The first-order chi connectivity index (χ1) is 12.2. The predicted octanol–water partition coefficient (Wildman–Crippen LogP) is 1.42. The molecule has 0 aromatic heterocycles. The summed E-state index contributed by atoms with van der Waals surface area (Å²) in [6.45, 7) is 3.30. The van der Waals surface area contributed by atoms with E-state index in [1.165, 1.54) is 24.3 Å². The number of nitrogens with one attached hydrogen (secondary N) is 2. The van der Waals surface area contributed by atoms with Crippen LogP contribution >= 0.6 is 0 Å². The molecule has 0 amide bonds. The van der Waals surface area contributed by atoms with Gasteiger partial charge in [-0.3, -0.25) is 9.68 Å². The van der Waals surface area contributed by atoms with Gasteiger partial charge in [0.25, 0.3) is 20.0 Å². The highest BCUT2D eigenvalue weighted by Gasteiger charge is 2.15. The van der Waals surface area contributed by atoms with Crippen LogP contribution in [0.1, 0.15) is 11.1 Å². The van der Waals surface area contributed by atoms with Crippen LogP contribution < -0.4 is 9.77 Å². The van der Waals surface area contributed by atoms with E-state index >= 15 is 0 Å². The molecule has 0 saturated heterocycles. The van der Waals surface area contributed by atoms with E-state index < -0.39 is 20.0 Å². The Labute approximate surface area is 153 Å². The minimum atomic E-state index is -3.81. The van der Waals surface area contributed by atoms with Crippen LogP contribution in [-0.2, 0) is 29.7 Å². The van der Waals surface area contributed by atoms with Crippen molar-refractivity contribution in [3.05, 3.63) is 59.7 Å². The Balaban J connectivity index is 1.75. The second kappa shape index (κ2) is 8.71. The fraction of sp³-hybridized carbons (Fsp3) is 0.250. The quantitative estimate of drug-likeness (QED) is 0.487. The topological polar surface area (TPSA) is 111 Å². The minimum absolute atomic E-state index is 0.0593. The maximum atomic E-state index is 12.0. The number of hydrogen-bond acceptors (Lipinski definition) is 6. The Bertz CT molecular complexity index is 844. The van der Waals surface area contributed by atoms with Gasteiger partial charge in [0.05, 0.1) is 23.0 Å². The molecule has 26 heavy (non-hydrogen) atoms. The third-order valence-corrected chi connectivity index (χ3v) is 5.75. The van der Waals surface area contributed by atoms with Crippen LogP contribution in [-0.4, -0.2) is 30.0 Å².